The summed E-state index contributed by atoms with van der Waals surface area (Å²) in [6.07, 6.45) is 0. The quantitative estimate of drug-likeness (QED) is 0.176. The summed E-state index contributed by atoms with van der Waals surface area (Å²) < 4.78 is 4.36. The normalized spacial score (nSPS) is 11.0. The SMILES string of the molecule is [C-]#[N+]c1ccc2c(c1)c1ccccc1n2-c1ccc(-c2ccccc2[N+]#[C-])cc1-c1cccc(C#N)c1-n1c2ccccc2c2cc(C#N)ccc21. The fourth-order valence-electron chi connectivity index (χ4n) is 7.59. The summed E-state index contributed by atoms with van der Waals surface area (Å²) in [5.74, 6) is 0. The third kappa shape index (κ3) is 4.47. The molecule has 0 aliphatic carbocycles. The minimum absolute atomic E-state index is 0.492. The molecule has 7 aromatic carbocycles. The van der Waals surface area contributed by atoms with Gasteiger partial charge in [0.15, 0.2) is 11.4 Å². The van der Waals surface area contributed by atoms with Crippen LogP contribution in [0.25, 0.3) is 86.9 Å². The van der Waals surface area contributed by atoms with E-state index in [1.54, 1.807) is 0 Å². The molecular weight excluding hydrogens is 637 g/mol. The lowest BCUT2D eigenvalue weighted by molar-refractivity contribution is 1.15. The Morgan fingerprint density at radius 3 is 1.88 bits per heavy atom. The van der Waals surface area contributed by atoms with Crippen LogP contribution in [0.15, 0.2) is 146 Å². The Morgan fingerprint density at radius 2 is 1.13 bits per heavy atom. The van der Waals surface area contributed by atoms with E-state index in [2.05, 4.69) is 67.4 Å². The van der Waals surface area contributed by atoms with E-state index in [4.69, 9.17) is 13.1 Å². The molecule has 0 bridgehead atoms. The molecule has 52 heavy (non-hydrogen) atoms. The second-order valence-corrected chi connectivity index (χ2v) is 12.5. The third-order valence-electron chi connectivity index (χ3n) is 9.83. The molecule has 0 amide bonds. The lowest BCUT2D eigenvalue weighted by Crippen LogP contribution is -2.04. The average molecular weight is 661 g/mol. The highest BCUT2D eigenvalue weighted by molar-refractivity contribution is 6.12. The Labute approximate surface area is 299 Å². The maximum Gasteiger partial charge on any atom is 0.194 e. The van der Waals surface area contributed by atoms with Crippen molar-refractivity contribution in [1.82, 2.24) is 9.13 Å². The average Bonchev–Trinajstić information content (AvgIpc) is 3.72. The molecule has 0 aliphatic rings. The number of nitrogens with zero attached hydrogens (tertiary/aromatic N) is 6. The fraction of sp³-hybridized carbons (Fsp3) is 0. The maximum absolute atomic E-state index is 10.7. The highest BCUT2D eigenvalue weighted by atomic mass is 15.0. The van der Waals surface area contributed by atoms with Crippen LogP contribution >= 0.6 is 0 Å². The van der Waals surface area contributed by atoms with E-state index in [9.17, 15) is 10.5 Å². The molecule has 6 nitrogen and oxygen atoms in total. The summed E-state index contributed by atoms with van der Waals surface area (Å²) in [4.78, 5) is 7.56. The van der Waals surface area contributed by atoms with Gasteiger partial charge in [-0.3, -0.25) is 0 Å². The molecule has 0 spiro atoms. The number of hydrogen-bond acceptors (Lipinski definition) is 2. The zero-order valence-corrected chi connectivity index (χ0v) is 27.5. The number of benzene rings is 7. The van der Waals surface area contributed by atoms with Gasteiger partial charge in [-0.15, -0.1) is 0 Å². The van der Waals surface area contributed by atoms with Gasteiger partial charge >= 0.3 is 0 Å². The standard InChI is InChI=1S/C46H24N6/c1-49-32-20-23-44-39(26-32)35-13-4-7-16-41(35)51(44)43-22-19-30(33-11-3-6-15-40(33)50-2)25-38(43)36-14-9-10-31(28-48)46(36)52-42-17-8-5-12-34(42)37-24-29(27-47)18-21-45(37)52/h3-26H. The topological polar surface area (TPSA) is 66.2 Å². The molecule has 2 aromatic heterocycles. The van der Waals surface area contributed by atoms with Crippen molar-refractivity contribution in [2.45, 2.75) is 0 Å². The number of nitriles is 2. The highest BCUT2D eigenvalue weighted by Gasteiger charge is 2.23. The summed E-state index contributed by atoms with van der Waals surface area (Å²) in [5, 5.41) is 24.4. The zero-order chi connectivity index (χ0) is 35.3. The van der Waals surface area contributed by atoms with Crippen LogP contribution in [0.4, 0.5) is 11.4 Å². The molecule has 0 unspecified atom stereocenters. The fourth-order valence-corrected chi connectivity index (χ4v) is 7.59. The predicted octanol–water partition coefficient (Wildman–Crippen LogP) is 12.1. The minimum atomic E-state index is 0.492. The predicted molar refractivity (Wildman–Crippen MR) is 208 cm³/mol. The second kappa shape index (κ2) is 11.9. The zero-order valence-electron chi connectivity index (χ0n) is 27.5. The molecule has 6 heteroatoms. The van der Waals surface area contributed by atoms with Gasteiger partial charge in [0.2, 0.25) is 0 Å². The van der Waals surface area contributed by atoms with Crippen LogP contribution in [0.2, 0.25) is 0 Å². The molecule has 0 fully saturated rings. The van der Waals surface area contributed by atoms with Crippen LogP contribution in [-0.4, -0.2) is 9.13 Å². The van der Waals surface area contributed by atoms with Gasteiger partial charge in [-0.1, -0.05) is 84.9 Å². The van der Waals surface area contributed by atoms with Crippen molar-refractivity contribution in [3.63, 3.8) is 0 Å². The largest absolute Gasteiger partial charge is 0.309 e. The molecule has 9 aromatic rings. The molecule has 0 saturated heterocycles. The number of para-hydroxylation sites is 4. The second-order valence-electron chi connectivity index (χ2n) is 12.5. The van der Waals surface area contributed by atoms with Gasteiger partial charge in [0.05, 0.1) is 63.8 Å². The Morgan fingerprint density at radius 1 is 0.481 bits per heavy atom. The van der Waals surface area contributed by atoms with Gasteiger partial charge in [-0.25, -0.2) is 9.69 Å². The van der Waals surface area contributed by atoms with Crippen LogP contribution in [0.3, 0.4) is 0 Å². The van der Waals surface area contributed by atoms with Gasteiger partial charge in [0.25, 0.3) is 0 Å². The summed E-state index contributed by atoms with van der Waals surface area (Å²) in [6, 6.07) is 52.2. The smallest absolute Gasteiger partial charge is 0.194 e. The molecule has 0 atom stereocenters. The van der Waals surface area contributed by atoms with Gasteiger partial charge in [-0.05, 0) is 77.2 Å². The van der Waals surface area contributed by atoms with Crippen molar-refractivity contribution in [1.29, 1.82) is 10.5 Å². The minimum Gasteiger partial charge on any atom is -0.309 e. The van der Waals surface area contributed by atoms with Gasteiger partial charge in [0, 0.05) is 27.3 Å². The first-order valence-electron chi connectivity index (χ1n) is 16.6. The van der Waals surface area contributed by atoms with Crippen molar-refractivity contribution in [2.24, 2.45) is 0 Å². The maximum atomic E-state index is 10.7. The Bertz CT molecular complexity index is 3130. The Balaban J connectivity index is 1.44. The first-order valence-corrected chi connectivity index (χ1v) is 16.6. The van der Waals surface area contributed by atoms with Crippen molar-refractivity contribution in [3.8, 4) is 45.8 Å². The van der Waals surface area contributed by atoms with E-state index < -0.39 is 0 Å². The molecule has 0 radical (unpaired) electrons. The molecule has 0 saturated carbocycles. The van der Waals surface area contributed by atoms with Crippen LogP contribution in [0.5, 0.6) is 0 Å². The Hall–Kier alpha value is -7.90. The van der Waals surface area contributed by atoms with Crippen LogP contribution < -0.4 is 0 Å². The van der Waals surface area contributed by atoms with E-state index in [1.807, 2.05) is 109 Å². The first-order chi connectivity index (χ1) is 25.6. The summed E-state index contributed by atoms with van der Waals surface area (Å²) in [5.41, 5.74) is 10.9. The monoisotopic (exact) mass is 660 g/mol. The molecule has 0 aliphatic heterocycles. The summed E-state index contributed by atoms with van der Waals surface area (Å²) in [6.45, 7) is 15.6. The van der Waals surface area contributed by atoms with Crippen molar-refractivity contribution < 1.29 is 0 Å². The first kappa shape index (κ1) is 30.2. The molecular formula is C46H24N6. The van der Waals surface area contributed by atoms with Crippen LogP contribution in [0, 0.1) is 35.8 Å². The van der Waals surface area contributed by atoms with Crippen molar-refractivity contribution >= 4 is 55.0 Å². The number of rotatable bonds is 4. The van der Waals surface area contributed by atoms with Crippen LogP contribution in [0.1, 0.15) is 11.1 Å². The molecule has 0 N–H and O–H groups in total. The molecule has 9 rings (SSSR count). The lowest BCUT2D eigenvalue weighted by atomic mass is 9.93. The van der Waals surface area contributed by atoms with E-state index in [0.717, 1.165) is 71.6 Å². The van der Waals surface area contributed by atoms with Gasteiger partial charge in [-0.2, -0.15) is 10.5 Å². The third-order valence-corrected chi connectivity index (χ3v) is 9.83. The lowest BCUT2D eigenvalue weighted by Gasteiger charge is -2.21. The van der Waals surface area contributed by atoms with Gasteiger partial charge < -0.3 is 9.13 Å². The highest BCUT2D eigenvalue weighted by Crippen LogP contribution is 2.44. The van der Waals surface area contributed by atoms with Crippen molar-refractivity contribution in [2.75, 3.05) is 0 Å². The number of fused-ring (bicyclic) bond motifs is 6. The number of hydrogen-bond donors (Lipinski definition) is 0. The number of aromatic nitrogens is 2. The molecule has 238 valence electrons. The molecule has 2 heterocycles. The van der Waals surface area contributed by atoms with E-state index in [0.29, 0.717) is 28.2 Å². The Kier molecular flexibility index (Phi) is 6.91. The van der Waals surface area contributed by atoms with E-state index in [-0.39, 0.29) is 0 Å². The van der Waals surface area contributed by atoms with Crippen LogP contribution in [-0.2, 0) is 0 Å². The summed E-state index contributed by atoms with van der Waals surface area (Å²) >= 11 is 0. The van der Waals surface area contributed by atoms with E-state index in [1.165, 1.54) is 0 Å². The van der Waals surface area contributed by atoms with E-state index >= 15 is 0 Å². The summed E-state index contributed by atoms with van der Waals surface area (Å²) in [7, 11) is 0. The van der Waals surface area contributed by atoms with Crippen molar-refractivity contribution in [3.05, 3.63) is 180 Å². The van der Waals surface area contributed by atoms with Gasteiger partial charge in [0.1, 0.15) is 6.07 Å².